The Labute approximate surface area is 133 Å². The van der Waals surface area contributed by atoms with Gasteiger partial charge in [0.2, 0.25) is 5.91 Å². The summed E-state index contributed by atoms with van der Waals surface area (Å²) in [6.45, 7) is 0. The molecule has 0 saturated heterocycles. The average Bonchev–Trinajstić information content (AvgIpc) is 2.48. The summed E-state index contributed by atoms with van der Waals surface area (Å²) in [7, 11) is 0. The highest BCUT2D eigenvalue weighted by Crippen LogP contribution is 2.26. The van der Waals surface area contributed by atoms with Crippen LogP contribution in [-0.4, -0.2) is 23.0 Å². The number of nitrogens with one attached hydrogen (secondary N) is 1. The van der Waals surface area contributed by atoms with Crippen LogP contribution < -0.4 is 5.32 Å². The van der Waals surface area contributed by atoms with Crippen molar-refractivity contribution in [1.82, 2.24) is 5.32 Å². The minimum absolute atomic E-state index is 0.0603. The maximum atomic E-state index is 12.1. The number of carbonyl (C=O) groups is 2. The van der Waals surface area contributed by atoms with Gasteiger partial charge in [-0.3, -0.25) is 4.79 Å². The van der Waals surface area contributed by atoms with E-state index in [-0.39, 0.29) is 18.2 Å². The highest BCUT2D eigenvalue weighted by Gasteiger charge is 2.30. The number of amides is 1. The molecule has 0 heterocycles. The number of carboxylic acids is 1. The van der Waals surface area contributed by atoms with Gasteiger partial charge in [-0.2, -0.15) is 0 Å². The fourth-order valence-electron chi connectivity index (χ4n) is 2.86. The van der Waals surface area contributed by atoms with Crippen molar-refractivity contribution in [2.75, 3.05) is 0 Å². The van der Waals surface area contributed by atoms with Crippen LogP contribution in [0, 0.1) is 5.92 Å². The minimum Gasteiger partial charge on any atom is -0.480 e. The Morgan fingerprint density at radius 2 is 1.81 bits per heavy atom. The predicted octanol–water partition coefficient (Wildman–Crippen LogP) is 3.14. The first kappa shape index (κ1) is 16.0. The standard InChI is InChI=1S/C16H20BrNO3/c17-13-8-6-11(7-9-13)10-14(19)18-15(16(20)21)12-4-2-1-3-5-12/h6-9,12,15H,1-5,10H2,(H,18,19)(H,20,21). The van der Waals surface area contributed by atoms with Crippen molar-refractivity contribution in [2.24, 2.45) is 5.92 Å². The molecule has 1 saturated carbocycles. The zero-order valence-corrected chi connectivity index (χ0v) is 13.4. The van der Waals surface area contributed by atoms with Gasteiger partial charge in [0.05, 0.1) is 6.42 Å². The van der Waals surface area contributed by atoms with Crippen molar-refractivity contribution in [3.8, 4) is 0 Å². The summed E-state index contributed by atoms with van der Waals surface area (Å²) >= 11 is 3.34. The lowest BCUT2D eigenvalue weighted by molar-refractivity contribution is -0.143. The number of carbonyl (C=O) groups excluding carboxylic acids is 1. The summed E-state index contributed by atoms with van der Waals surface area (Å²) < 4.78 is 0.956. The Kier molecular flexibility index (Phi) is 5.79. The number of benzene rings is 1. The molecule has 2 N–H and O–H groups in total. The second-order valence-corrected chi connectivity index (χ2v) is 6.50. The molecule has 21 heavy (non-hydrogen) atoms. The van der Waals surface area contributed by atoms with Crippen LogP contribution in [0.1, 0.15) is 37.7 Å². The molecule has 1 aromatic carbocycles. The van der Waals surface area contributed by atoms with E-state index in [0.29, 0.717) is 0 Å². The largest absolute Gasteiger partial charge is 0.480 e. The van der Waals surface area contributed by atoms with Crippen LogP contribution >= 0.6 is 15.9 Å². The average molecular weight is 354 g/mol. The van der Waals surface area contributed by atoms with Crippen molar-refractivity contribution in [2.45, 2.75) is 44.6 Å². The Hall–Kier alpha value is -1.36. The summed E-state index contributed by atoms with van der Waals surface area (Å²) in [5, 5.41) is 12.1. The Morgan fingerprint density at radius 1 is 1.19 bits per heavy atom. The first-order valence-corrected chi connectivity index (χ1v) is 8.12. The minimum atomic E-state index is -0.925. The van der Waals surface area contributed by atoms with Crippen molar-refractivity contribution in [1.29, 1.82) is 0 Å². The lowest BCUT2D eigenvalue weighted by Crippen LogP contribution is -2.47. The Bertz CT molecular complexity index is 495. The Morgan fingerprint density at radius 3 is 2.38 bits per heavy atom. The van der Waals surface area contributed by atoms with E-state index in [1.165, 1.54) is 0 Å². The first-order chi connectivity index (χ1) is 10.1. The SMILES string of the molecule is O=C(Cc1ccc(Br)cc1)NC(C(=O)O)C1CCCCC1. The summed E-state index contributed by atoms with van der Waals surface area (Å²) in [5.74, 6) is -1.09. The van der Waals surface area contributed by atoms with Crippen molar-refractivity contribution in [3.63, 3.8) is 0 Å². The molecule has 0 bridgehead atoms. The monoisotopic (exact) mass is 353 g/mol. The second-order valence-electron chi connectivity index (χ2n) is 5.58. The lowest BCUT2D eigenvalue weighted by Gasteiger charge is -2.28. The molecular formula is C16H20BrNO3. The maximum Gasteiger partial charge on any atom is 0.326 e. The number of hydrogen-bond acceptors (Lipinski definition) is 2. The molecular weight excluding hydrogens is 334 g/mol. The van der Waals surface area contributed by atoms with Gasteiger partial charge in [-0.05, 0) is 36.5 Å². The number of carboxylic acid groups (broad SMARTS) is 1. The molecule has 4 nitrogen and oxygen atoms in total. The van der Waals surface area contributed by atoms with Crippen LogP contribution in [0.3, 0.4) is 0 Å². The van der Waals surface area contributed by atoms with Gasteiger partial charge in [-0.15, -0.1) is 0 Å². The van der Waals surface area contributed by atoms with Gasteiger partial charge in [0, 0.05) is 4.47 Å². The number of aliphatic carboxylic acids is 1. The molecule has 5 heteroatoms. The van der Waals surface area contributed by atoms with Gasteiger partial charge >= 0.3 is 5.97 Å². The fourth-order valence-corrected chi connectivity index (χ4v) is 3.13. The number of hydrogen-bond donors (Lipinski definition) is 2. The summed E-state index contributed by atoms with van der Waals surface area (Å²) in [4.78, 5) is 23.5. The Balaban J connectivity index is 1.94. The molecule has 1 fully saturated rings. The smallest absolute Gasteiger partial charge is 0.326 e. The van der Waals surface area contributed by atoms with Gasteiger partial charge in [0.25, 0.3) is 0 Å². The van der Waals surface area contributed by atoms with Crippen LogP contribution in [0.5, 0.6) is 0 Å². The van der Waals surface area contributed by atoms with E-state index < -0.39 is 12.0 Å². The highest BCUT2D eigenvalue weighted by molar-refractivity contribution is 9.10. The van der Waals surface area contributed by atoms with E-state index in [1.54, 1.807) is 0 Å². The molecule has 114 valence electrons. The van der Waals surface area contributed by atoms with Gasteiger partial charge < -0.3 is 10.4 Å². The van der Waals surface area contributed by atoms with Crippen molar-refractivity contribution < 1.29 is 14.7 Å². The number of rotatable bonds is 5. The second kappa shape index (κ2) is 7.59. The van der Waals surface area contributed by atoms with E-state index in [1.807, 2.05) is 24.3 Å². The van der Waals surface area contributed by atoms with Crippen molar-refractivity contribution in [3.05, 3.63) is 34.3 Å². The zero-order chi connectivity index (χ0) is 15.2. The molecule has 1 aromatic rings. The van der Waals surface area contributed by atoms with Gasteiger partial charge in [-0.25, -0.2) is 4.79 Å². The maximum absolute atomic E-state index is 12.1. The van der Waals surface area contributed by atoms with Crippen LogP contribution in [0.2, 0.25) is 0 Å². The zero-order valence-electron chi connectivity index (χ0n) is 11.8. The van der Waals surface area contributed by atoms with E-state index in [2.05, 4.69) is 21.2 Å². The molecule has 1 unspecified atom stereocenters. The third-order valence-electron chi connectivity index (χ3n) is 3.98. The topological polar surface area (TPSA) is 66.4 Å². The van der Waals surface area contributed by atoms with E-state index in [0.717, 1.165) is 42.1 Å². The van der Waals surface area contributed by atoms with Crippen LogP contribution in [0.15, 0.2) is 28.7 Å². The third-order valence-corrected chi connectivity index (χ3v) is 4.51. The molecule has 0 spiro atoms. The molecule has 0 aliphatic heterocycles. The molecule has 1 aliphatic rings. The lowest BCUT2D eigenvalue weighted by atomic mass is 9.84. The van der Waals surface area contributed by atoms with Crippen molar-refractivity contribution >= 4 is 27.8 Å². The van der Waals surface area contributed by atoms with E-state index in [4.69, 9.17) is 0 Å². The van der Waals surface area contributed by atoms with Gasteiger partial charge in [0.15, 0.2) is 0 Å². The molecule has 1 amide bonds. The normalized spacial score (nSPS) is 17.2. The molecule has 0 aromatic heterocycles. The third kappa shape index (κ3) is 4.84. The molecule has 1 atom stereocenters. The summed E-state index contributed by atoms with van der Waals surface area (Å²) in [6.07, 6.45) is 5.25. The highest BCUT2D eigenvalue weighted by atomic mass is 79.9. The van der Waals surface area contributed by atoms with Gasteiger partial charge in [0.1, 0.15) is 6.04 Å². The van der Waals surface area contributed by atoms with E-state index >= 15 is 0 Å². The predicted molar refractivity (Wildman–Crippen MR) is 84.0 cm³/mol. The van der Waals surface area contributed by atoms with Crippen LogP contribution in [-0.2, 0) is 16.0 Å². The van der Waals surface area contributed by atoms with Crippen LogP contribution in [0.4, 0.5) is 0 Å². The van der Waals surface area contributed by atoms with Gasteiger partial charge in [-0.1, -0.05) is 47.3 Å². The molecule has 0 radical (unpaired) electrons. The molecule has 2 rings (SSSR count). The fraction of sp³-hybridized carbons (Fsp3) is 0.500. The molecule has 1 aliphatic carbocycles. The summed E-state index contributed by atoms with van der Waals surface area (Å²) in [6, 6.07) is 6.71. The quantitative estimate of drug-likeness (QED) is 0.854. The van der Waals surface area contributed by atoms with Crippen LogP contribution in [0.25, 0.3) is 0 Å². The first-order valence-electron chi connectivity index (χ1n) is 7.33. The summed E-state index contributed by atoms with van der Waals surface area (Å²) in [5.41, 5.74) is 0.878. The number of halogens is 1. The van der Waals surface area contributed by atoms with E-state index in [9.17, 15) is 14.7 Å².